The van der Waals surface area contributed by atoms with Crippen LogP contribution in [-0.2, 0) is 0 Å². The Morgan fingerprint density at radius 2 is 1.53 bits per heavy atom. The summed E-state index contributed by atoms with van der Waals surface area (Å²) in [7, 11) is 0. The molecule has 0 radical (unpaired) electrons. The van der Waals surface area contributed by atoms with Crippen molar-refractivity contribution in [3.05, 3.63) is 0 Å². The second kappa shape index (κ2) is 5.86. The summed E-state index contributed by atoms with van der Waals surface area (Å²) in [6.45, 7) is 10.8. The standard InChI is InChI=1S/C13H30N2/c1-11(14)9-7-6-8-10-12(2,3)13(4,5)15/h11H,6-10,14-15H2,1-5H3. The highest BCUT2D eigenvalue weighted by Crippen LogP contribution is 2.33. The summed E-state index contributed by atoms with van der Waals surface area (Å²) in [4.78, 5) is 0. The van der Waals surface area contributed by atoms with E-state index in [0.29, 0.717) is 6.04 Å². The third-order valence-electron chi connectivity index (χ3n) is 3.71. The molecule has 0 aromatic heterocycles. The normalized spacial score (nSPS) is 15.4. The van der Waals surface area contributed by atoms with Crippen molar-refractivity contribution in [1.29, 1.82) is 0 Å². The van der Waals surface area contributed by atoms with Gasteiger partial charge < -0.3 is 11.5 Å². The zero-order valence-corrected chi connectivity index (χ0v) is 11.3. The van der Waals surface area contributed by atoms with Gasteiger partial charge in [-0.1, -0.05) is 33.1 Å². The summed E-state index contributed by atoms with van der Waals surface area (Å²) in [5.74, 6) is 0. The zero-order valence-electron chi connectivity index (χ0n) is 11.3. The van der Waals surface area contributed by atoms with E-state index in [0.717, 1.165) is 6.42 Å². The Labute approximate surface area is 95.8 Å². The third kappa shape index (κ3) is 6.16. The van der Waals surface area contributed by atoms with E-state index in [1.165, 1.54) is 25.7 Å². The molecule has 0 saturated carbocycles. The molecule has 92 valence electrons. The van der Waals surface area contributed by atoms with Crippen LogP contribution < -0.4 is 11.5 Å². The lowest BCUT2D eigenvalue weighted by Gasteiger charge is -2.38. The van der Waals surface area contributed by atoms with Crippen LogP contribution in [0.15, 0.2) is 0 Å². The van der Waals surface area contributed by atoms with Crippen LogP contribution in [0, 0.1) is 5.41 Å². The van der Waals surface area contributed by atoms with Gasteiger partial charge in [-0.25, -0.2) is 0 Å². The molecule has 0 rings (SSSR count). The highest BCUT2D eigenvalue weighted by Gasteiger charge is 2.32. The monoisotopic (exact) mass is 214 g/mol. The van der Waals surface area contributed by atoms with Gasteiger partial charge in [0.1, 0.15) is 0 Å². The van der Waals surface area contributed by atoms with Crippen LogP contribution >= 0.6 is 0 Å². The van der Waals surface area contributed by atoms with E-state index in [1.54, 1.807) is 0 Å². The summed E-state index contributed by atoms with van der Waals surface area (Å²) in [5.41, 5.74) is 12.0. The van der Waals surface area contributed by atoms with Crippen molar-refractivity contribution in [2.75, 3.05) is 0 Å². The van der Waals surface area contributed by atoms with Gasteiger partial charge in [0.05, 0.1) is 0 Å². The van der Waals surface area contributed by atoms with E-state index in [2.05, 4.69) is 34.6 Å². The van der Waals surface area contributed by atoms with E-state index in [4.69, 9.17) is 11.5 Å². The fourth-order valence-corrected chi connectivity index (χ4v) is 1.53. The molecule has 15 heavy (non-hydrogen) atoms. The van der Waals surface area contributed by atoms with Gasteiger partial charge in [0.25, 0.3) is 0 Å². The van der Waals surface area contributed by atoms with Gasteiger partial charge >= 0.3 is 0 Å². The number of hydrogen-bond donors (Lipinski definition) is 2. The Morgan fingerprint density at radius 1 is 1.00 bits per heavy atom. The molecule has 0 aliphatic heterocycles. The second-order valence-electron chi connectivity index (χ2n) is 6.18. The Morgan fingerprint density at radius 3 is 1.93 bits per heavy atom. The summed E-state index contributed by atoms with van der Waals surface area (Å²) >= 11 is 0. The first-order valence-electron chi connectivity index (χ1n) is 6.21. The number of hydrogen-bond acceptors (Lipinski definition) is 2. The van der Waals surface area contributed by atoms with Gasteiger partial charge in [-0.05, 0) is 39.0 Å². The molecule has 2 heteroatoms. The predicted molar refractivity (Wildman–Crippen MR) is 68.8 cm³/mol. The number of unbranched alkanes of at least 4 members (excludes halogenated alkanes) is 2. The van der Waals surface area contributed by atoms with Crippen molar-refractivity contribution in [2.24, 2.45) is 16.9 Å². The molecule has 0 spiro atoms. The molecule has 0 amide bonds. The van der Waals surface area contributed by atoms with Crippen LogP contribution in [-0.4, -0.2) is 11.6 Å². The second-order valence-corrected chi connectivity index (χ2v) is 6.18. The zero-order chi connectivity index (χ0) is 12.1. The number of nitrogens with two attached hydrogens (primary N) is 2. The predicted octanol–water partition coefficient (Wildman–Crippen LogP) is 3.05. The average molecular weight is 214 g/mol. The minimum absolute atomic E-state index is 0.0891. The summed E-state index contributed by atoms with van der Waals surface area (Å²) < 4.78 is 0. The molecule has 0 aliphatic carbocycles. The van der Waals surface area contributed by atoms with Crippen molar-refractivity contribution in [2.45, 2.75) is 78.3 Å². The SMILES string of the molecule is CC(N)CCCCCC(C)(C)C(C)(C)N. The molecule has 0 aromatic carbocycles. The fraction of sp³-hybridized carbons (Fsp3) is 1.00. The van der Waals surface area contributed by atoms with E-state index in [1.807, 2.05) is 0 Å². The van der Waals surface area contributed by atoms with E-state index in [-0.39, 0.29) is 11.0 Å². The Kier molecular flexibility index (Phi) is 5.82. The molecule has 2 nitrogen and oxygen atoms in total. The lowest BCUT2D eigenvalue weighted by atomic mass is 9.72. The van der Waals surface area contributed by atoms with Crippen molar-refractivity contribution < 1.29 is 0 Å². The molecule has 0 aliphatic rings. The highest BCUT2D eigenvalue weighted by molar-refractivity contribution is 4.89. The summed E-state index contributed by atoms with van der Waals surface area (Å²) in [6.07, 6.45) is 6.14. The van der Waals surface area contributed by atoms with Gasteiger partial charge in [-0.15, -0.1) is 0 Å². The lowest BCUT2D eigenvalue weighted by molar-refractivity contribution is 0.180. The summed E-state index contributed by atoms with van der Waals surface area (Å²) in [5, 5.41) is 0. The van der Waals surface area contributed by atoms with Crippen LogP contribution in [0.5, 0.6) is 0 Å². The maximum Gasteiger partial charge on any atom is 0.0148 e. The first-order valence-corrected chi connectivity index (χ1v) is 6.21. The van der Waals surface area contributed by atoms with Crippen LogP contribution in [0.2, 0.25) is 0 Å². The van der Waals surface area contributed by atoms with Crippen LogP contribution in [0.25, 0.3) is 0 Å². The molecular formula is C13H30N2. The van der Waals surface area contributed by atoms with Crippen molar-refractivity contribution in [1.82, 2.24) is 0 Å². The Balaban J connectivity index is 3.68. The molecule has 0 fully saturated rings. The molecule has 0 bridgehead atoms. The first kappa shape index (κ1) is 14.9. The molecule has 0 heterocycles. The van der Waals surface area contributed by atoms with Gasteiger partial charge in [-0.3, -0.25) is 0 Å². The number of rotatable bonds is 7. The Bertz CT molecular complexity index is 166. The highest BCUT2D eigenvalue weighted by atomic mass is 14.7. The lowest BCUT2D eigenvalue weighted by Crippen LogP contribution is -2.47. The average Bonchev–Trinajstić information content (AvgIpc) is 2.00. The molecule has 1 unspecified atom stereocenters. The summed E-state index contributed by atoms with van der Waals surface area (Å²) in [6, 6.07) is 0.351. The van der Waals surface area contributed by atoms with Gasteiger partial charge in [-0.2, -0.15) is 0 Å². The van der Waals surface area contributed by atoms with Crippen molar-refractivity contribution >= 4 is 0 Å². The van der Waals surface area contributed by atoms with Gasteiger partial charge in [0, 0.05) is 11.6 Å². The molecule has 0 saturated heterocycles. The van der Waals surface area contributed by atoms with E-state index < -0.39 is 0 Å². The fourth-order valence-electron chi connectivity index (χ4n) is 1.53. The van der Waals surface area contributed by atoms with Gasteiger partial charge in [0.2, 0.25) is 0 Å². The van der Waals surface area contributed by atoms with Crippen molar-refractivity contribution in [3.8, 4) is 0 Å². The van der Waals surface area contributed by atoms with Crippen LogP contribution in [0.1, 0.15) is 66.7 Å². The Hall–Kier alpha value is -0.0800. The largest absolute Gasteiger partial charge is 0.328 e. The van der Waals surface area contributed by atoms with E-state index >= 15 is 0 Å². The van der Waals surface area contributed by atoms with Crippen LogP contribution in [0.3, 0.4) is 0 Å². The van der Waals surface area contributed by atoms with Gasteiger partial charge in [0.15, 0.2) is 0 Å². The quantitative estimate of drug-likeness (QED) is 0.640. The first-order chi connectivity index (χ1) is 6.67. The maximum absolute atomic E-state index is 6.16. The molecular weight excluding hydrogens is 184 g/mol. The van der Waals surface area contributed by atoms with E-state index in [9.17, 15) is 0 Å². The third-order valence-corrected chi connectivity index (χ3v) is 3.71. The maximum atomic E-state index is 6.16. The molecule has 4 N–H and O–H groups in total. The minimum Gasteiger partial charge on any atom is -0.328 e. The topological polar surface area (TPSA) is 52.0 Å². The smallest absolute Gasteiger partial charge is 0.0148 e. The van der Waals surface area contributed by atoms with Crippen LogP contribution in [0.4, 0.5) is 0 Å². The van der Waals surface area contributed by atoms with Crippen molar-refractivity contribution in [3.63, 3.8) is 0 Å². The molecule has 1 atom stereocenters. The molecule has 0 aromatic rings. The minimum atomic E-state index is -0.0891.